The number of amides is 1. The fourth-order valence-electron chi connectivity index (χ4n) is 2.36. The van der Waals surface area contributed by atoms with E-state index in [4.69, 9.17) is 11.6 Å². The number of carbonyl (C=O) groups excluding carboxylic acids is 1. The summed E-state index contributed by atoms with van der Waals surface area (Å²) in [6, 6.07) is 4.81. The molecule has 0 atom stereocenters. The molecule has 0 saturated carbocycles. The molecule has 120 valence electrons. The van der Waals surface area contributed by atoms with Crippen LogP contribution in [0.1, 0.15) is 30.4 Å². The number of thiophene rings is 1. The molecule has 22 heavy (non-hydrogen) atoms. The van der Waals surface area contributed by atoms with Gasteiger partial charge in [-0.2, -0.15) is 0 Å². The van der Waals surface area contributed by atoms with E-state index in [2.05, 4.69) is 31.0 Å². The second kappa shape index (κ2) is 7.40. The highest BCUT2D eigenvalue weighted by Gasteiger charge is 2.17. The average Bonchev–Trinajstić information content (AvgIpc) is 2.79. The standard InChI is InChI=1S/C16H20ClFN2OS/c1-4-20(10(2)3)8-7-19-16(21)15-14(17)12-6-5-11(18)9-13(12)22-15/h5-6,9-10H,4,7-8H2,1-3H3,(H,19,21). The predicted octanol–water partition coefficient (Wildman–Crippen LogP) is 4.15. The number of likely N-dealkylation sites (N-methyl/N-ethyl adjacent to an activating group) is 1. The van der Waals surface area contributed by atoms with Gasteiger partial charge in [0, 0.05) is 29.2 Å². The first-order valence-corrected chi connectivity index (χ1v) is 8.53. The molecular formula is C16H20ClFN2OS. The zero-order valence-corrected chi connectivity index (χ0v) is 14.5. The summed E-state index contributed by atoms with van der Waals surface area (Å²) in [5.41, 5.74) is 0. The zero-order valence-electron chi connectivity index (χ0n) is 13.0. The van der Waals surface area contributed by atoms with Crippen molar-refractivity contribution in [2.24, 2.45) is 0 Å². The average molecular weight is 343 g/mol. The van der Waals surface area contributed by atoms with E-state index in [0.29, 0.717) is 27.2 Å². The molecule has 0 aliphatic rings. The number of nitrogens with one attached hydrogen (secondary N) is 1. The van der Waals surface area contributed by atoms with E-state index < -0.39 is 0 Å². The van der Waals surface area contributed by atoms with E-state index in [0.717, 1.165) is 18.5 Å². The van der Waals surface area contributed by atoms with Gasteiger partial charge in [-0.05, 0) is 38.6 Å². The van der Waals surface area contributed by atoms with Crippen molar-refractivity contribution in [2.75, 3.05) is 19.6 Å². The number of hydrogen-bond acceptors (Lipinski definition) is 3. The summed E-state index contributed by atoms with van der Waals surface area (Å²) in [6.07, 6.45) is 0. The van der Waals surface area contributed by atoms with Gasteiger partial charge < -0.3 is 5.32 Å². The SMILES string of the molecule is CCN(CCNC(=O)c1sc2cc(F)ccc2c1Cl)C(C)C. The van der Waals surface area contributed by atoms with Gasteiger partial charge in [-0.3, -0.25) is 9.69 Å². The lowest BCUT2D eigenvalue weighted by atomic mass is 10.2. The molecule has 2 rings (SSSR count). The van der Waals surface area contributed by atoms with Crippen LogP contribution in [0.4, 0.5) is 4.39 Å². The van der Waals surface area contributed by atoms with Crippen molar-refractivity contribution in [3.05, 3.63) is 33.9 Å². The molecule has 0 saturated heterocycles. The number of carbonyl (C=O) groups is 1. The van der Waals surface area contributed by atoms with Crippen LogP contribution < -0.4 is 5.32 Å². The Hall–Kier alpha value is -1.17. The first kappa shape index (κ1) is 17.2. The van der Waals surface area contributed by atoms with Crippen molar-refractivity contribution in [2.45, 2.75) is 26.8 Å². The first-order valence-electron chi connectivity index (χ1n) is 7.33. The van der Waals surface area contributed by atoms with Gasteiger partial charge in [0.25, 0.3) is 5.91 Å². The lowest BCUT2D eigenvalue weighted by Crippen LogP contribution is -2.38. The molecule has 2 aromatic rings. The second-order valence-electron chi connectivity index (χ2n) is 5.36. The minimum absolute atomic E-state index is 0.202. The number of rotatable bonds is 6. The smallest absolute Gasteiger partial charge is 0.262 e. The van der Waals surface area contributed by atoms with Gasteiger partial charge in [0.05, 0.1) is 5.02 Å². The van der Waals surface area contributed by atoms with Crippen LogP contribution in [0, 0.1) is 5.82 Å². The van der Waals surface area contributed by atoms with Crippen LogP contribution in [0.25, 0.3) is 10.1 Å². The maximum atomic E-state index is 13.2. The summed E-state index contributed by atoms with van der Waals surface area (Å²) in [6.45, 7) is 8.64. The summed E-state index contributed by atoms with van der Waals surface area (Å²) in [5, 5.41) is 4.00. The second-order valence-corrected chi connectivity index (χ2v) is 6.79. The highest BCUT2D eigenvalue weighted by atomic mass is 35.5. The van der Waals surface area contributed by atoms with Gasteiger partial charge >= 0.3 is 0 Å². The normalized spacial score (nSPS) is 11.6. The summed E-state index contributed by atoms with van der Waals surface area (Å²) in [5.74, 6) is -0.528. The van der Waals surface area contributed by atoms with Crippen molar-refractivity contribution in [3.63, 3.8) is 0 Å². The maximum Gasteiger partial charge on any atom is 0.262 e. The third-order valence-electron chi connectivity index (χ3n) is 3.62. The van der Waals surface area contributed by atoms with Gasteiger partial charge in [0.2, 0.25) is 0 Å². The molecule has 1 heterocycles. The van der Waals surface area contributed by atoms with E-state index >= 15 is 0 Å². The molecule has 0 spiro atoms. The number of halogens is 2. The Morgan fingerprint density at radius 3 is 2.82 bits per heavy atom. The topological polar surface area (TPSA) is 32.3 Å². The Morgan fingerprint density at radius 1 is 1.45 bits per heavy atom. The quantitative estimate of drug-likeness (QED) is 0.855. The predicted molar refractivity (Wildman–Crippen MR) is 91.5 cm³/mol. The molecule has 3 nitrogen and oxygen atoms in total. The van der Waals surface area contributed by atoms with Crippen LogP contribution in [0.2, 0.25) is 5.02 Å². The van der Waals surface area contributed by atoms with E-state index in [-0.39, 0.29) is 11.7 Å². The van der Waals surface area contributed by atoms with Crippen LogP contribution in [-0.4, -0.2) is 36.5 Å². The summed E-state index contributed by atoms with van der Waals surface area (Å²) in [4.78, 5) is 15.0. The van der Waals surface area contributed by atoms with Crippen molar-refractivity contribution in [1.29, 1.82) is 0 Å². The van der Waals surface area contributed by atoms with E-state index in [9.17, 15) is 9.18 Å². The third-order valence-corrected chi connectivity index (χ3v) is 5.27. The molecule has 1 N–H and O–H groups in total. The third kappa shape index (κ3) is 3.77. The lowest BCUT2D eigenvalue weighted by Gasteiger charge is -2.24. The van der Waals surface area contributed by atoms with E-state index in [1.165, 1.54) is 23.5 Å². The number of hydrogen-bond donors (Lipinski definition) is 1. The van der Waals surface area contributed by atoms with Gasteiger partial charge in [-0.1, -0.05) is 18.5 Å². The molecule has 0 unspecified atom stereocenters. The monoisotopic (exact) mass is 342 g/mol. The summed E-state index contributed by atoms with van der Waals surface area (Å²) in [7, 11) is 0. The molecule has 0 aliphatic carbocycles. The van der Waals surface area contributed by atoms with Crippen LogP contribution in [-0.2, 0) is 0 Å². The minimum Gasteiger partial charge on any atom is -0.350 e. The lowest BCUT2D eigenvalue weighted by molar-refractivity contribution is 0.0950. The van der Waals surface area contributed by atoms with Crippen molar-refractivity contribution in [1.82, 2.24) is 10.2 Å². The maximum absolute atomic E-state index is 13.2. The van der Waals surface area contributed by atoms with Crippen molar-refractivity contribution < 1.29 is 9.18 Å². The van der Waals surface area contributed by atoms with Gasteiger partial charge in [0.1, 0.15) is 10.7 Å². The summed E-state index contributed by atoms with van der Waals surface area (Å²) >= 11 is 7.46. The Balaban J connectivity index is 2.05. The molecule has 0 aliphatic heterocycles. The Labute approximate surface area is 139 Å². The number of fused-ring (bicyclic) bond motifs is 1. The number of nitrogens with zero attached hydrogens (tertiary/aromatic N) is 1. The van der Waals surface area contributed by atoms with Crippen LogP contribution in [0.15, 0.2) is 18.2 Å². The van der Waals surface area contributed by atoms with Crippen LogP contribution in [0.3, 0.4) is 0 Å². The molecule has 1 aromatic carbocycles. The Morgan fingerprint density at radius 2 is 2.18 bits per heavy atom. The highest BCUT2D eigenvalue weighted by Crippen LogP contribution is 2.35. The molecule has 1 amide bonds. The van der Waals surface area contributed by atoms with Gasteiger partial charge in [-0.25, -0.2) is 4.39 Å². The van der Waals surface area contributed by atoms with Crippen LogP contribution in [0.5, 0.6) is 0 Å². The van der Waals surface area contributed by atoms with Crippen LogP contribution >= 0.6 is 22.9 Å². The molecular weight excluding hydrogens is 323 g/mol. The summed E-state index contributed by atoms with van der Waals surface area (Å²) < 4.78 is 13.9. The van der Waals surface area contributed by atoms with Crippen molar-refractivity contribution in [3.8, 4) is 0 Å². The van der Waals surface area contributed by atoms with E-state index in [1.807, 2.05) is 0 Å². The molecule has 6 heteroatoms. The molecule has 0 bridgehead atoms. The fourth-order valence-corrected chi connectivity index (χ4v) is 3.82. The Bertz CT molecular complexity index is 671. The number of benzene rings is 1. The van der Waals surface area contributed by atoms with E-state index in [1.54, 1.807) is 6.07 Å². The fraction of sp³-hybridized carbons (Fsp3) is 0.438. The molecule has 0 radical (unpaired) electrons. The highest BCUT2D eigenvalue weighted by molar-refractivity contribution is 7.21. The van der Waals surface area contributed by atoms with Gasteiger partial charge in [0.15, 0.2) is 0 Å². The first-order chi connectivity index (χ1) is 10.4. The Kier molecular flexibility index (Phi) is 5.78. The molecule has 0 fully saturated rings. The largest absolute Gasteiger partial charge is 0.350 e. The minimum atomic E-state index is -0.326. The van der Waals surface area contributed by atoms with Gasteiger partial charge in [-0.15, -0.1) is 11.3 Å². The van der Waals surface area contributed by atoms with Crippen molar-refractivity contribution >= 4 is 38.9 Å². The molecule has 1 aromatic heterocycles. The zero-order chi connectivity index (χ0) is 16.3.